The van der Waals surface area contributed by atoms with Crippen LogP contribution in [0.25, 0.3) is 0 Å². The van der Waals surface area contributed by atoms with Gasteiger partial charge in [-0.25, -0.2) is 15.0 Å². The van der Waals surface area contributed by atoms with Crippen molar-refractivity contribution in [3.8, 4) is 0 Å². The number of aryl methyl sites for hydroxylation is 2. The fraction of sp³-hybridized carbons (Fsp3) is 0.522. The second kappa shape index (κ2) is 10.3. The van der Waals surface area contributed by atoms with Crippen LogP contribution in [0, 0.1) is 6.92 Å². The Morgan fingerprint density at radius 1 is 1.13 bits per heavy atom. The fourth-order valence-electron chi connectivity index (χ4n) is 3.99. The highest BCUT2D eigenvalue weighted by Crippen LogP contribution is 2.27. The zero-order valence-electron chi connectivity index (χ0n) is 17.8. The van der Waals surface area contributed by atoms with Crippen LogP contribution in [0.2, 0.25) is 0 Å². The van der Waals surface area contributed by atoms with E-state index >= 15 is 0 Å². The number of nitrogens with zero attached hydrogens (tertiary/aromatic N) is 4. The van der Waals surface area contributed by atoms with Gasteiger partial charge >= 0.3 is 5.97 Å². The molecule has 3 rings (SSSR count). The van der Waals surface area contributed by atoms with Gasteiger partial charge in [0.1, 0.15) is 11.6 Å². The summed E-state index contributed by atoms with van der Waals surface area (Å²) in [7, 11) is 0. The summed E-state index contributed by atoms with van der Waals surface area (Å²) in [6.45, 7) is 4.14. The maximum absolute atomic E-state index is 11.7. The molecule has 0 saturated heterocycles. The quantitative estimate of drug-likeness (QED) is 0.598. The number of carboxylic acids is 1. The summed E-state index contributed by atoms with van der Waals surface area (Å²) in [5.41, 5.74) is 3.08. The summed E-state index contributed by atoms with van der Waals surface area (Å²) < 4.78 is 0. The Kier molecular flexibility index (Phi) is 7.49. The van der Waals surface area contributed by atoms with Crippen LogP contribution in [0.5, 0.6) is 0 Å². The molecule has 2 aromatic heterocycles. The highest BCUT2D eigenvalue weighted by molar-refractivity contribution is 5.92. The lowest BCUT2D eigenvalue weighted by Crippen LogP contribution is -2.26. The number of pyridine rings is 1. The standard InChI is InChI=1S/C23H30N4O3/c1-16-24-14-20(15-25-16)19(13-22(29)30)7-5-3-4-6-8-21-10-9-18-11-12-27(17(2)28)23(18)26-21/h9-10,14-15,19H,3-8,11-13H2,1-2H3,(H,29,30). The van der Waals surface area contributed by atoms with Crippen LogP contribution in [0.15, 0.2) is 24.5 Å². The van der Waals surface area contributed by atoms with E-state index in [1.54, 1.807) is 24.2 Å². The summed E-state index contributed by atoms with van der Waals surface area (Å²) in [6, 6.07) is 4.17. The van der Waals surface area contributed by atoms with Crippen molar-refractivity contribution in [2.45, 2.75) is 71.1 Å². The molecular formula is C23H30N4O3. The number of fused-ring (bicyclic) bond motifs is 1. The number of amides is 1. The monoisotopic (exact) mass is 410 g/mol. The predicted molar refractivity (Wildman–Crippen MR) is 115 cm³/mol. The van der Waals surface area contributed by atoms with E-state index in [2.05, 4.69) is 22.1 Å². The smallest absolute Gasteiger partial charge is 0.303 e. The van der Waals surface area contributed by atoms with Gasteiger partial charge in [0, 0.05) is 31.6 Å². The first kappa shape index (κ1) is 21.9. The predicted octanol–water partition coefficient (Wildman–Crippen LogP) is 3.84. The molecule has 30 heavy (non-hydrogen) atoms. The lowest BCUT2D eigenvalue weighted by Gasteiger charge is -2.15. The highest BCUT2D eigenvalue weighted by atomic mass is 16.4. The molecule has 0 radical (unpaired) electrons. The molecule has 160 valence electrons. The Hall–Kier alpha value is -2.83. The molecule has 7 heteroatoms. The number of carbonyl (C=O) groups is 2. The van der Waals surface area contributed by atoms with Gasteiger partial charge in [-0.3, -0.25) is 14.5 Å². The Morgan fingerprint density at radius 2 is 1.87 bits per heavy atom. The molecule has 0 fully saturated rings. The van der Waals surface area contributed by atoms with Crippen LogP contribution in [0.4, 0.5) is 5.82 Å². The topological polar surface area (TPSA) is 96.3 Å². The summed E-state index contributed by atoms with van der Waals surface area (Å²) in [4.78, 5) is 37.8. The van der Waals surface area contributed by atoms with E-state index in [4.69, 9.17) is 4.98 Å². The molecule has 0 spiro atoms. The van der Waals surface area contributed by atoms with Crippen LogP contribution in [-0.2, 0) is 22.4 Å². The lowest BCUT2D eigenvalue weighted by atomic mass is 9.92. The van der Waals surface area contributed by atoms with E-state index in [1.807, 2.05) is 6.92 Å². The fourth-order valence-corrected chi connectivity index (χ4v) is 3.99. The zero-order valence-corrected chi connectivity index (χ0v) is 17.8. The molecule has 0 saturated carbocycles. The lowest BCUT2D eigenvalue weighted by molar-refractivity contribution is -0.137. The average Bonchev–Trinajstić information content (AvgIpc) is 3.13. The number of anilines is 1. The normalized spacial score (nSPS) is 13.9. The van der Waals surface area contributed by atoms with Gasteiger partial charge in [0.05, 0.1) is 6.42 Å². The largest absolute Gasteiger partial charge is 0.481 e. The average molecular weight is 411 g/mol. The van der Waals surface area contributed by atoms with Crippen molar-refractivity contribution in [1.29, 1.82) is 0 Å². The number of aliphatic carboxylic acids is 1. The van der Waals surface area contributed by atoms with Crippen molar-refractivity contribution in [2.24, 2.45) is 0 Å². The van der Waals surface area contributed by atoms with E-state index < -0.39 is 5.97 Å². The number of aromatic nitrogens is 3. The zero-order chi connectivity index (χ0) is 21.5. The third-order valence-corrected chi connectivity index (χ3v) is 5.68. The van der Waals surface area contributed by atoms with Crippen molar-refractivity contribution in [1.82, 2.24) is 15.0 Å². The van der Waals surface area contributed by atoms with Gasteiger partial charge in [0.2, 0.25) is 5.91 Å². The molecular weight excluding hydrogens is 380 g/mol. The maximum Gasteiger partial charge on any atom is 0.303 e. The molecule has 1 atom stereocenters. The minimum Gasteiger partial charge on any atom is -0.481 e. The van der Waals surface area contributed by atoms with Crippen molar-refractivity contribution in [2.75, 3.05) is 11.4 Å². The van der Waals surface area contributed by atoms with E-state index in [9.17, 15) is 14.7 Å². The molecule has 3 heterocycles. The van der Waals surface area contributed by atoms with Crippen molar-refractivity contribution in [3.05, 3.63) is 47.2 Å². The van der Waals surface area contributed by atoms with Crippen molar-refractivity contribution >= 4 is 17.7 Å². The summed E-state index contributed by atoms with van der Waals surface area (Å²) in [5.74, 6) is 0.742. The second-order valence-electron chi connectivity index (χ2n) is 8.02. The minimum absolute atomic E-state index is 0.0426. The minimum atomic E-state index is -0.789. The number of hydrogen-bond donors (Lipinski definition) is 1. The first-order valence-corrected chi connectivity index (χ1v) is 10.7. The van der Waals surface area contributed by atoms with Gasteiger partial charge in [0.25, 0.3) is 0 Å². The first-order chi connectivity index (χ1) is 14.4. The van der Waals surface area contributed by atoms with Gasteiger partial charge in [0.15, 0.2) is 0 Å². The van der Waals surface area contributed by atoms with Gasteiger partial charge in [-0.15, -0.1) is 0 Å². The SMILES string of the molecule is CC(=O)N1CCc2ccc(CCCCCCC(CC(=O)O)c3cnc(C)nc3)nc21. The molecule has 7 nitrogen and oxygen atoms in total. The number of unbranched alkanes of at least 4 members (excludes halogenated alkanes) is 3. The number of carbonyl (C=O) groups excluding carboxylic acids is 1. The molecule has 0 aliphatic carbocycles. The molecule has 1 amide bonds. The molecule has 1 N–H and O–H groups in total. The van der Waals surface area contributed by atoms with Crippen LogP contribution in [0.3, 0.4) is 0 Å². The van der Waals surface area contributed by atoms with Gasteiger partial charge in [-0.2, -0.15) is 0 Å². The van der Waals surface area contributed by atoms with Crippen LogP contribution in [-0.4, -0.2) is 38.5 Å². The molecule has 1 aliphatic heterocycles. The second-order valence-corrected chi connectivity index (χ2v) is 8.02. The molecule has 0 bridgehead atoms. The Morgan fingerprint density at radius 3 is 2.57 bits per heavy atom. The summed E-state index contributed by atoms with van der Waals surface area (Å²) in [6.07, 6.45) is 10.3. The van der Waals surface area contributed by atoms with Gasteiger partial charge in [-0.1, -0.05) is 25.3 Å². The molecule has 1 unspecified atom stereocenters. The van der Waals surface area contributed by atoms with E-state index in [1.165, 1.54) is 0 Å². The number of rotatable bonds is 10. The number of hydrogen-bond acceptors (Lipinski definition) is 5. The third-order valence-electron chi connectivity index (χ3n) is 5.68. The van der Waals surface area contributed by atoms with E-state index in [0.29, 0.717) is 5.82 Å². The summed E-state index contributed by atoms with van der Waals surface area (Å²) >= 11 is 0. The first-order valence-electron chi connectivity index (χ1n) is 10.7. The highest BCUT2D eigenvalue weighted by Gasteiger charge is 2.23. The Balaban J connectivity index is 1.43. The maximum atomic E-state index is 11.7. The Bertz CT molecular complexity index is 883. The van der Waals surface area contributed by atoms with Crippen molar-refractivity contribution in [3.63, 3.8) is 0 Å². The van der Waals surface area contributed by atoms with Crippen LogP contribution >= 0.6 is 0 Å². The molecule has 2 aromatic rings. The third kappa shape index (κ3) is 5.84. The van der Waals surface area contributed by atoms with Crippen molar-refractivity contribution < 1.29 is 14.7 Å². The van der Waals surface area contributed by atoms with Crippen LogP contribution < -0.4 is 4.90 Å². The van der Waals surface area contributed by atoms with E-state index in [-0.39, 0.29) is 18.2 Å². The van der Waals surface area contributed by atoms with Gasteiger partial charge < -0.3 is 5.11 Å². The molecule has 0 aromatic carbocycles. The van der Waals surface area contributed by atoms with Gasteiger partial charge in [-0.05, 0) is 55.7 Å². The number of carboxylic acid groups (broad SMARTS) is 1. The Labute approximate surface area is 177 Å². The summed E-state index contributed by atoms with van der Waals surface area (Å²) in [5, 5.41) is 9.21. The van der Waals surface area contributed by atoms with E-state index in [0.717, 1.165) is 74.1 Å². The van der Waals surface area contributed by atoms with Crippen LogP contribution in [0.1, 0.15) is 74.0 Å². The molecule has 1 aliphatic rings.